The number of halogens is 1. The van der Waals surface area contributed by atoms with E-state index in [2.05, 4.69) is 0 Å². The van der Waals surface area contributed by atoms with Crippen molar-refractivity contribution in [3.63, 3.8) is 0 Å². The molecule has 0 saturated carbocycles. The predicted molar refractivity (Wildman–Crippen MR) is 85.3 cm³/mol. The van der Waals surface area contributed by atoms with Gasteiger partial charge in [0.05, 0.1) is 16.5 Å². The maximum atomic E-state index is 12.7. The summed E-state index contributed by atoms with van der Waals surface area (Å²) < 4.78 is 26.7. The summed E-state index contributed by atoms with van der Waals surface area (Å²) in [5.74, 6) is 0.330. The zero-order valence-electron chi connectivity index (χ0n) is 11.3. The first kappa shape index (κ1) is 15.4. The Kier molecular flexibility index (Phi) is 4.73. The van der Waals surface area contributed by atoms with Crippen LogP contribution in [0.25, 0.3) is 0 Å². The molecule has 0 aliphatic heterocycles. The van der Waals surface area contributed by atoms with Crippen LogP contribution < -0.4 is 4.31 Å². The van der Waals surface area contributed by atoms with E-state index in [9.17, 15) is 8.42 Å². The van der Waals surface area contributed by atoms with E-state index in [1.807, 2.05) is 38.1 Å². The third-order valence-electron chi connectivity index (χ3n) is 2.96. The smallest absolute Gasteiger partial charge is 0.265 e. The first-order valence-corrected chi connectivity index (χ1v) is 9.07. The third kappa shape index (κ3) is 3.00. The van der Waals surface area contributed by atoms with E-state index in [1.54, 1.807) is 11.4 Å². The van der Waals surface area contributed by atoms with Gasteiger partial charge in [-0.25, -0.2) is 8.42 Å². The minimum atomic E-state index is -3.52. The van der Waals surface area contributed by atoms with Gasteiger partial charge in [0.25, 0.3) is 10.0 Å². The number of anilines is 1. The van der Waals surface area contributed by atoms with Crippen molar-refractivity contribution in [3.8, 4) is 0 Å². The molecular formula is C14H16ClNO2S2. The van der Waals surface area contributed by atoms with Crippen molar-refractivity contribution in [2.24, 2.45) is 0 Å². The van der Waals surface area contributed by atoms with Gasteiger partial charge in [0, 0.05) is 16.8 Å². The second kappa shape index (κ2) is 6.16. The van der Waals surface area contributed by atoms with Gasteiger partial charge >= 0.3 is 0 Å². The highest BCUT2D eigenvalue weighted by Crippen LogP contribution is 2.27. The fraction of sp³-hybridized carbons (Fsp3) is 0.286. The number of thiophene rings is 1. The van der Waals surface area contributed by atoms with Crippen LogP contribution in [0.15, 0.2) is 40.6 Å². The number of nitrogens with zero attached hydrogens (tertiary/aromatic N) is 1. The molecule has 0 aliphatic rings. The fourth-order valence-corrected chi connectivity index (χ4v) is 4.75. The zero-order valence-corrected chi connectivity index (χ0v) is 13.7. The number of sulfonamides is 1. The highest BCUT2D eigenvalue weighted by molar-refractivity contribution is 7.93. The molecule has 20 heavy (non-hydrogen) atoms. The molecule has 0 radical (unpaired) electrons. The van der Waals surface area contributed by atoms with Crippen molar-refractivity contribution < 1.29 is 8.42 Å². The van der Waals surface area contributed by atoms with Gasteiger partial charge in [-0.15, -0.1) is 22.9 Å². The van der Waals surface area contributed by atoms with E-state index < -0.39 is 10.0 Å². The van der Waals surface area contributed by atoms with Crippen molar-refractivity contribution in [2.45, 2.75) is 24.6 Å². The van der Waals surface area contributed by atoms with Crippen molar-refractivity contribution in [1.29, 1.82) is 0 Å². The molecule has 108 valence electrons. The maximum Gasteiger partial charge on any atom is 0.265 e. The summed E-state index contributed by atoms with van der Waals surface area (Å²) in [7, 11) is -3.52. The van der Waals surface area contributed by atoms with E-state index in [-0.39, 0.29) is 0 Å². The minimum absolute atomic E-state index is 0.306. The Labute approximate surface area is 128 Å². The van der Waals surface area contributed by atoms with Gasteiger partial charge in [-0.05, 0) is 32.0 Å². The number of alkyl halides is 1. The molecule has 2 rings (SSSR count). The molecule has 0 N–H and O–H groups in total. The molecule has 1 aromatic carbocycles. The molecule has 0 unspecified atom stereocenters. The van der Waals surface area contributed by atoms with Crippen LogP contribution in [-0.4, -0.2) is 15.0 Å². The van der Waals surface area contributed by atoms with E-state index in [1.165, 1.54) is 15.6 Å². The number of aryl methyl sites for hydroxylation is 1. The summed E-state index contributed by atoms with van der Waals surface area (Å²) in [5, 5.41) is 1.64. The Morgan fingerprint density at radius 2 is 1.90 bits per heavy atom. The highest BCUT2D eigenvalue weighted by atomic mass is 35.5. The van der Waals surface area contributed by atoms with Gasteiger partial charge in [-0.1, -0.05) is 17.7 Å². The molecule has 6 heteroatoms. The standard InChI is InChI=1S/C14H16ClNO2S2/c1-3-16(12-6-4-11(2)5-7-12)20(17,18)14-8-13(9-15)19-10-14/h4-8,10H,3,9H2,1-2H3. The van der Waals surface area contributed by atoms with Crippen LogP contribution >= 0.6 is 22.9 Å². The van der Waals surface area contributed by atoms with Gasteiger partial charge in [0.1, 0.15) is 0 Å². The number of benzene rings is 1. The van der Waals surface area contributed by atoms with Crippen molar-refractivity contribution in [3.05, 3.63) is 46.2 Å². The van der Waals surface area contributed by atoms with Crippen LogP contribution in [-0.2, 0) is 15.9 Å². The first-order chi connectivity index (χ1) is 9.48. The van der Waals surface area contributed by atoms with Crippen LogP contribution in [0.2, 0.25) is 0 Å². The predicted octanol–water partition coefficient (Wildman–Crippen LogP) is 4.01. The van der Waals surface area contributed by atoms with Crippen LogP contribution in [0.3, 0.4) is 0 Å². The average Bonchev–Trinajstić information content (AvgIpc) is 2.91. The fourth-order valence-electron chi connectivity index (χ4n) is 1.90. The lowest BCUT2D eigenvalue weighted by Crippen LogP contribution is -2.30. The Bertz CT molecular complexity index is 677. The highest BCUT2D eigenvalue weighted by Gasteiger charge is 2.24. The SMILES string of the molecule is CCN(c1ccc(C)cc1)S(=O)(=O)c1csc(CCl)c1. The molecule has 0 amide bonds. The topological polar surface area (TPSA) is 37.4 Å². The van der Waals surface area contributed by atoms with Crippen LogP contribution in [0.5, 0.6) is 0 Å². The van der Waals surface area contributed by atoms with E-state index in [0.29, 0.717) is 23.0 Å². The van der Waals surface area contributed by atoms with Gasteiger partial charge < -0.3 is 0 Å². The summed E-state index contributed by atoms with van der Waals surface area (Å²) in [6, 6.07) is 9.11. The molecule has 0 fully saturated rings. The van der Waals surface area contributed by atoms with Crippen molar-refractivity contribution in [2.75, 3.05) is 10.8 Å². The Morgan fingerprint density at radius 3 is 2.40 bits per heavy atom. The molecule has 3 nitrogen and oxygen atoms in total. The summed E-state index contributed by atoms with van der Waals surface area (Å²) in [5.41, 5.74) is 1.78. The normalized spacial score (nSPS) is 11.6. The lowest BCUT2D eigenvalue weighted by Gasteiger charge is -2.22. The summed E-state index contributed by atoms with van der Waals surface area (Å²) in [6.45, 7) is 4.18. The molecule has 0 atom stereocenters. The zero-order chi connectivity index (χ0) is 14.8. The number of hydrogen-bond acceptors (Lipinski definition) is 3. The quantitative estimate of drug-likeness (QED) is 0.777. The van der Waals surface area contributed by atoms with Crippen LogP contribution in [0, 0.1) is 6.92 Å². The van der Waals surface area contributed by atoms with E-state index >= 15 is 0 Å². The molecular weight excluding hydrogens is 314 g/mol. The minimum Gasteiger partial charge on any atom is -0.267 e. The van der Waals surface area contributed by atoms with E-state index in [0.717, 1.165) is 10.4 Å². The van der Waals surface area contributed by atoms with Gasteiger partial charge in [-0.2, -0.15) is 0 Å². The molecule has 1 aromatic heterocycles. The Balaban J connectivity index is 2.41. The Hall–Kier alpha value is -1.04. The van der Waals surface area contributed by atoms with Crippen molar-refractivity contribution >= 4 is 38.6 Å². The lowest BCUT2D eigenvalue weighted by molar-refractivity contribution is 0.592. The van der Waals surface area contributed by atoms with Crippen LogP contribution in [0.4, 0.5) is 5.69 Å². The van der Waals surface area contributed by atoms with Gasteiger partial charge in [0.15, 0.2) is 0 Å². The lowest BCUT2D eigenvalue weighted by atomic mass is 10.2. The Morgan fingerprint density at radius 1 is 1.25 bits per heavy atom. The molecule has 0 saturated heterocycles. The molecule has 1 heterocycles. The number of hydrogen-bond donors (Lipinski definition) is 0. The molecule has 2 aromatic rings. The first-order valence-electron chi connectivity index (χ1n) is 6.22. The van der Waals surface area contributed by atoms with Crippen LogP contribution in [0.1, 0.15) is 17.4 Å². The summed E-state index contributed by atoms with van der Waals surface area (Å²) >= 11 is 7.10. The second-order valence-electron chi connectivity index (χ2n) is 4.39. The summed E-state index contributed by atoms with van der Waals surface area (Å²) in [6.07, 6.45) is 0. The van der Waals surface area contributed by atoms with Crippen molar-refractivity contribution in [1.82, 2.24) is 0 Å². The maximum absolute atomic E-state index is 12.7. The molecule has 0 spiro atoms. The summed E-state index contributed by atoms with van der Waals surface area (Å²) in [4.78, 5) is 1.16. The third-order valence-corrected chi connectivity index (χ3v) is 6.37. The molecule has 0 aliphatic carbocycles. The average molecular weight is 330 g/mol. The second-order valence-corrected chi connectivity index (χ2v) is 7.51. The molecule has 0 bridgehead atoms. The monoisotopic (exact) mass is 329 g/mol. The van der Waals surface area contributed by atoms with E-state index in [4.69, 9.17) is 11.6 Å². The number of rotatable bonds is 5. The van der Waals surface area contributed by atoms with Gasteiger partial charge in [0.2, 0.25) is 0 Å². The van der Waals surface area contributed by atoms with Gasteiger partial charge in [-0.3, -0.25) is 4.31 Å². The largest absolute Gasteiger partial charge is 0.267 e.